The van der Waals surface area contributed by atoms with Crippen molar-refractivity contribution in [1.29, 1.82) is 0 Å². The van der Waals surface area contributed by atoms with Crippen LogP contribution >= 0.6 is 0 Å². The predicted octanol–water partition coefficient (Wildman–Crippen LogP) is 4.24. The third kappa shape index (κ3) is 2.90. The lowest BCUT2D eigenvalue weighted by Gasteiger charge is -2.42. The average molecular weight is 309 g/mol. The van der Waals surface area contributed by atoms with Gasteiger partial charge in [0.1, 0.15) is 5.76 Å². The summed E-state index contributed by atoms with van der Waals surface area (Å²) in [5, 5.41) is 10.3. The van der Waals surface area contributed by atoms with Crippen LogP contribution in [0.5, 0.6) is 0 Å². The van der Waals surface area contributed by atoms with E-state index in [4.69, 9.17) is 4.74 Å². The fourth-order valence-corrected chi connectivity index (χ4v) is 3.56. The van der Waals surface area contributed by atoms with Crippen LogP contribution < -0.4 is 5.48 Å². The van der Waals surface area contributed by atoms with Gasteiger partial charge in [-0.25, -0.2) is 0 Å². The van der Waals surface area contributed by atoms with Gasteiger partial charge in [0.05, 0.1) is 12.6 Å². The summed E-state index contributed by atoms with van der Waals surface area (Å²) in [6.45, 7) is 0. The molecule has 120 valence electrons. The Hall–Kier alpha value is -2.10. The fourth-order valence-electron chi connectivity index (χ4n) is 3.56. The zero-order chi connectivity index (χ0) is 16.1. The van der Waals surface area contributed by atoms with E-state index in [0.717, 1.165) is 30.6 Å². The van der Waals surface area contributed by atoms with Crippen LogP contribution in [-0.4, -0.2) is 12.3 Å². The van der Waals surface area contributed by atoms with Crippen LogP contribution in [0.2, 0.25) is 0 Å². The van der Waals surface area contributed by atoms with E-state index in [1.54, 1.807) is 7.11 Å². The van der Waals surface area contributed by atoms with Crippen molar-refractivity contribution in [2.24, 2.45) is 5.92 Å². The van der Waals surface area contributed by atoms with Gasteiger partial charge in [0.25, 0.3) is 0 Å². The molecule has 0 amide bonds. The summed E-state index contributed by atoms with van der Waals surface area (Å²) in [6, 6.07) is 10.2. The molecule has 23 heavy (non-hydrogen) atoms. The van der Waals surface area contributed by atoms with Gasteiger partial charge in [-0.3, -0.25) is 0 Å². The van der Waals surface area contributed by atoms with Gasteiger partial charge in [-0.2, -0.15) is 5.48 Å². The molecule has 2 atom stereocenters. The lowest BCUT2D eigenvalue weighted by Crippen LogP contribution is -2.48. The number of hydrogen-bond acceptors (Lipinski definition) is 3. The molecule has 3 rings (SSSR count). The number of nitrogens with one attached hydrogen (secondary N) is 1. The van der Waals surface area contributed by atoms with Gasteiger partial charge in [-0.1, -0.05) is 54.6 Å². The molecule has 0 aromatic heterocycles. The largest absolute Gasteiger partial charge is 0.497 e. The second-order valence-electron chi connectivity index (χ2n) is 5.96. The lowest BCUT2D eigenvalue weighted by molar-refractivity contribution is 0.0526. The average Bonchev–Trinajstić information content (AvgIpc) is 2.65. The van der Waals surface area contributed by atoms with Crippen molar-refractivity contribution < 1.29 is 9.94 Å². The lowest BCUT2D eigenvalue weighted by atomic mass is 9.69. The van der Waals surface area contributed by atoms with Crippen LogP contribution in [0, 0.1) is 5.92 Å². The summed E-state index contributed by atoms with van der Waals surface area (Å²) < 4.78 is 5.30. The molecule has 2 unspecified atom stereocenters. The highest BCUT2D eigenvalue weighted by Crippen LogP contribution is 2.43. The van der Waals surface area contributed by atoms with Crippen molar-refractivity contribution >= 4 is 0 Å². The molecule has 0 bridgehead atoms. The van der Waals surface area contributed by atoms with Crippen molar-refractivity contribution in [2.75, 3.05) is 7.11 Å². The third-order valence-electron chi connectivity index (χ3n) is 4.78. The van der Waals surface area contributed by atoms with Crippen LogP contribution in [0.1, 0.15) is 24.8 Å². The van der Waals surface area contributed by atoms with Crippen LogP contribution in [-0.2, 0) is 10.3 Å². The molecule has 3 nitrogen and oxygen atoms in total. The number of hydrogen-bond donors (Lipinski definition) is 2. The molecule has 3 heteroatoms. The Labute approximate surface area is 137 Å². The van der Waals surface area contributed by atoms with Gasteiger partial charge in [-0.05, 0) is 42.6 Å². The number of rotatable bonds is 5. The predicted molar refractivity (Wildman–Crippen MR) is 91.8 cm³/mol. The summed E-state index contributed by atoms with van der Waals surface area (Å²) in [4.78, 5) is 0. The highest BCUT2D eigenvalue weighted by Gasteiger charge is 2.42. The summed E-state index contributed by atoms with van der Waals surface area (Å²) >= 11 is 0. The Morgan fingerprint density at radius 3 is 2.65 bits per heavy atom. The molecule has 0 spiro atoms. The monoisotopic (exact) mass is 309 g/mol. The first kappa shape index (κ1) is 15.8. The van der Waals surface area contributed by atoms with Crippen molar-refractivity contribution in [1.82, 2.24) is 5.48 Å². The fraction of sp³-hybridized carbons (Fsp3) is 0.300. The summed E-state index contributed by atoms with van der Waals surface area (Å²) in [5.41, 5.74) is 4.35. The van der Waals surface area contributed by atoms with E-state index in [9.17, 15) is 5.21 Å². The van der Waals surface area contributed by atoms with Crippen molar-refractivity contribution in [3.63, 3.8) is 0 Å². The number of hydroxylamine groups is 1. The Morgan fingerprint density at radius 1 is 1.26 bits per heavy atom. The maximum absolute atomic E-state index is 10.3. The van der Waals surface area contributed by atoms with Crippen LogP contribution in [0.4, 0.5) is 0 Å². The Kier molecular flexibility index (Phi) is 4.79. The number of ether oxygens (including phenoxy) is 1. The van der Waals surface area contributed by atoms with Crippen LogP contribution in [0.15, 0.2) is 78.1 Å². The van der Waals surface area contributed by atoms with Gasteiger partial charge in [0, 0.05) is 5.92 Å². The van der Waals surface area contributed by atoms with E-state index in [1.165, 1.54) is 5.57 Å². The molecule has 1 aromatic rings. The molecule has 1 aromatic carbocycles. The first-order chi connectivity index (χ1) is 11.3. The second kappa shape index (κ2) is 6.99. The highest BCUT2D eigenvalue weighted by molar-refractivity contribution is 5.42. The van der Waals surface area contributed by atoms with Gasteiger partial charge in [-0.15, -0.1) is 0 Å². The van der Waals surface area contributed by atoms with E-state index in [2.05, 4.69) is 48.0 Å². The molecule has 0 saturated heterocycles. The number of methoxy groups -OCH3 is 1. The quantitative estimate of drug-likeness (QED) is 0.799. The third-order valence-corrected chi connectivity index (χ3v) is 4.78. The maximum Gasteiger partial charge on any atom is 0.114 e. The minimum atomic E-state index is -0.613. The summed E-state index contributed by atoms with van der Waals surface area (Å²) in [6.07, 6.45) is 15.3. The van der Waals surface area contributed by atoms with E-state index < -0.39 is 5.54 Å². The standard InChI is InChI=1S/C20H23NO2/c1-23-19-14-12-18(13-15-19)20(21-22,16-8-4-2-5-9-16)17-10-6-3-7-11-17/h2-6,8-10,12,14-15,18,21-22H,7,11,13H2,1H3. The Bertz CT molecular complexity index is 657. The molecule has 2 N–H and O–H groups in total. The van der Waals surface area contributed by atoms with E-state index >= 15 is 0 Å². The summed E-state index contributed by atoms with van der Waals surface area (Å²) in [7, 11) is 1.68. The highest BCUT2D eigenvalue weighted by atomic mass is 16.5. The smallest absolute Gasteiger partial charge is 0.114 e. The molecule has 2 aliphatic carbocycles. The first-order valence-electron chi connectivity index (χ1n) is 8.06. The molecule has 0 fully saturated rings. The first-order valence-corrected chi connectivity index (χ1v) is 8.06. The van der Waals surface area contributed by atoms with E-state index in [1.807, 2.05) is 24.3 Å². The van der Waals surface area contributed by atoms with Gasteiger partial charge in [0.15, 0.2) is 0 Å². The van der Waals surface area contributed by atoms with Crippen LogP contribution in [0.25, 0.3) is 0 Å². The van der Waals surface area contributed by atoms with Crippen molar-refractivity contribution in [3.05, 3.63) is 83.7 Å². The van der Waals surface area contributed by atoms with Crippen molar-refractivity contribution in [2.45, 2.75) is 24.8 Å². The zero-order valence-electron chi connectivity index (χ0n) is 13.4. The topological polar surface area (TPSA) is 41.5 Å². The van der Waals surface area contributed by atoms with E-state index in [0.29, 0.717) is 0 Å². The van der Waals surface area contributed by atoms with Crippen molar-refractivity contribution in [3.8, 4) is 0 Å². The Balaban J connectivity index is 2.07. The normalized spacial score (nSPS) is 23.0. The minimum absolute atomic E-state index is 0.117. The maximum atomic E-state index is 10.3. The minimum Gasteiger partial charge on any atom is -0.497 e. The molecule has 0 aliphatic heterocycles. The second-order valence-corrected chi connectivity index (χ2v) is 5.96. The van der Waals surface area contributed by atoms with Gasteiger partial charge < -0.3 is 9.94 Å². The molecule has 0 saturated carbocycles. The molecule has 0 radical (unpaired) electrons. The zero-order valence-corrected chi connectivity index (χ0v) is 13.4. The summed E-state index contributed by atoms with van der Waals surface area (Å²) in [5.74, 6) is 0.991. The van der Waals surface area contributed by atoms with Gasteiger partial charge >= 0.3 is 0 Å². The number of benzene rings is 1. The molecular weight excluding hydrogens is 286 g/mol. The van der Waals surface area contributed by atoms with Crippen LogP contribution in [0.3, 0.4) is 0 Å². The van der Waals surface area contributed by atoms with E-state index in [-0.39, 0.29) is 5.92 Å². The SMILES string of the molecule is COC1=CCC(C(NO)(C2=CC=CCC2)c2ccccc2)C=C1. The van der Waals surface area contributed by atoms with Gasteiger partial charge in [0.2, 0.25) is 0 Å². The Morgan fingerprint density at radius 2 is 2.09 bits per heavy atom. The molecule has 0 heterocycles. The molecular formula is C20H23NO2. The number of allylic oxidation sites excluding steroid dienone is 5. The molecule has 2 aliphatic rings.